The Morgan fingerprint density at radius 1 is 1.05 bits per heavy atom. The average molecular weight is 294 g/mol. The number of ether oxygens (including phenoxy) is 3. The summed E-state index contributed by atoms with van der Waals surface area (Å²) < 4.78 is 16.4. The van der Waals surface area contributed by atoms with E-state index >= 15 is 0 Å². The standard InChI is InChI=1S/C17H26O4/c1-4-5-11-19-14(2)12-20-15(3)13-21-17(18)16-9-7-6-8-10-16/h6-10,14-15H,4-5,11-13H2,1-3H3. The van der Waals surface area contributed by atoms with Crippen LogP contribution in [0.25, 0.3) is 0 Å². The molecule has 0 bridgehead atoms. The monoisotopic (exact) mass is 294 g/mol. The third-order valence-corrected chi connectivity index (χ3v) is 2.97. The lowest BCUT2D eigenvalue weighted by atomic mass is 10.2. The predicted octanol–water partition coefficient (Wildman–Crippen LogP) is 3.45. The highest BCUT2D eigenvalue weighted by Crippen LogP contribution is 2.04. The third kappa shape index (κ3) is 7.83. The van der Waals surface area contributed by atoms with Gasteiger partial charge in [-0.15, -0.1) is 0 Å². The molecule has 1 aromatic carbocycles. The first-order chi connectivity index (χ1) is 10.1. The maximum absolute atomic E-state index is 11.8. The van der Waals surface area contributed by atoms with Crippen LogP contribution >= 0.6 is 0 Å². The minimum absolute atomic E-state index is 0.0591. The van der Waals surface area contributed by atoms with Crippen molar-refractivity contribution in [3.63, 3.8) is 0 Å². The predicted molar refractivity (Wildman–Crippen MR) is 82.5 cm³/mol. The summed E-state index contributed by atoms with van der Waals surface area (Å²) in [6.45, 7) is 7.52. The molecule has 0 fully saturated rings. The molecule has 0 aliphatic heterocycles. The fraction of sp³-hybridized carbons (Fsp3) is 0.588. The van der Waals surface area contributed by atoms with E-state index in [0.717, 1.165) is 19.4 Å². The van der Waals surface area contributed by atoms with Gasteiger partial charge in [-0.3, -0.25) is 0 Å². The Morgan fingerprint density at radius 3 is 2.38 bits per heavy atom. The fourth-order valence-corrected chi connectivity index (χ4v) is 1.68. The van der Waals surface area contributed by atoms with E-state index in [-0.39, 0.29) is 24.8 Å². The molecule has 0 aliphatic rings. The van der Waals surface area contributed by atoms with Crippen LogP contribution in [0.15, 0.2) is 30.3 Å². The van der Waals surface area contributed by atoms with Crippen LogP contribution in [0.3, 0.4) is 0 Å². The van der Waals surface area contributed by atoms with Crippen LogP contribution in [0.5, 0.6) is 0 Å². The van der Waals surface area contributed by atoms with Crippen molar-refractivity contribution in [2.45, 2.75) is 45.8 Å². The zero-order chi connectivity index (χ0) is 15.5. The molecule has 0 aromatic heterocycles. The summed E-state index contributed by atoms with van der Waals surface area (Å²) in [5.41, 5.74) is 0.556. The molecule has 0 radical (unpaired) electrons. The van der Waals surface area contributed by atoms with Crippen LogP contribution in [0.1, 0.15) is 44.0 Å². The van der Waals surface area contributed by atoms with Crippen molar-refractivity contribution in [1.82, 2.24) is 0 Å². The molecule has 0 N–H and O–H groups in total. The lowest BCUT2D eigenvalue weighted by Crippen LogP contribution is -2.24. The van der Waals surface area contributed by atoms with E-state index in [1.54, 1.807) is 12.1 Å². The minimum Gasteiger partial charge on any atom is -0.459 e. The Morgan fingerprint density at radius 2 is 1.71 bits per heavy atom. The number of esters is 1. The van der Waals surface area contributed by atoms with E-state index in [1.165, 1.54) is 0 Å². The summed E-state index contributed by atoms with van der Waals surface area (Å²) >= 11 is 0. The van der Waals surface area contributed by atoms with Gasteiger partial charge in [0, 0.05) is 6.61 Å². The molecule has 4 heteroatoms. The molecule has 0 heterocycles. The molecule has 2 atom stereocenters. The van der Waals surface area contributed by atoms with Crippen molar-refractivity contribution in [3.05, 3.63) is 35.9 Å². The van der Waals surface area contributed by atoms with Gasteiger partial charge in [0.05, 0.1) is 24.4 Å². The highest BCUT2D eigenvalue weighted by Gasteiger charge is 2.11. The second-order valence-corrected chi connectivity index (χ2v) is 5.14. The molecular formula is C17H26O4. The second-order valence-electron chi connectivity index (χ2n) is 5.14. The van der Waals surface area contributed by atoms with Crippen molar-refractivity contribution in [1.29, 1.82) is 0 Å². The van der Waals surface area contributed by atoms with Gasteiger partial charge in [0.25, 0.3) is 0 Å². The van der Waals surface area contributed by atoms with Gasteiger partial charge in [-0.2, -0.15) is 0 Å². The highest BCUT2D eigenvalue weighted by molar-refractivity contribution is 5.89. The number of carbonyl (C=O) groups is 1. The van der Waals surface area contributed by atoms with Gasteiger partial charge in [-0.25, -0.2) is 4.79 Å². The van der Waals surface area contributed by atoms with Crippen LogP contribution in [-0.2, 0) is 14.2 Å². The van der Waals surface area contributed by atoms with E-state index in [4.69, 9.17) is 14.2 Å². The SMILES string of the molecule is CCCCOC(C)COC(C)COC(=O)c1ccccc1. The first kappa shape index (κ1) is 17.7. The zero-order valence-corrected chi connectivity index (χ0v) is 13.2. The summed E-state index contributed by atoms with van der Waals surface area (Å²) in [6.07, 6.45) is 2.10. The van der Waals surface area contributed by atoms with Gasteiger partial charge >= 0.3 is 5.97 Å². The van der Waals surface area contributed by atoms with E-state index < -0.39 is 0 Å². The zero-order valence-electron chi connectivity index (χ0n) is 13.2. The van der Waals surface area contributed by atoms with E-state index in [2.05, 4.69) is 6.92 Å². The molecule has 118 valence electrons. The average Bonchev–Trinajstić information content (AvgIpc) is 2.51. The first-order valence-corrected chi connectivity index (χ1v) is 7.58. The summed E-state index contributed by atoms with van der Waals surface area (Å²) in [5, 5.41) is 0. The van der Waals surface area contributed by atoms with Crippen LogP contribution in [0.4, 0.5) is 0 Å². The van der Waals surface area contributed by atoms with Crippen LogP contribution in [0, 0.1) is 0 Å². The third-order valence-electron chi connectivity index (χ3n) is 2.97. The first-order valence-electron chi connectivity index (χ1n) is 7.58. The number of hydrogen-bond acceptors (Lipinski definition) is 4. The lowest BCUT2D eigenvalue weighted by molar-refractivity contribution is -0.0504. The van der Waals surface area contributed by atoms with E-state index in [9.17, 15) is 4.79 Å². The maximum atomic E-state index is 11.8. The molecule has 0 saturated heterocycles. The van der Waals surface area contributed by atoms with Gasteiger partial charge < -0.3 is 14.2 Å². The Kier molecular flexibility index (Phi) is 8.71. The van der Waals surface area contributed by atoms with Crippen molar-refractivity contribution in [3.8, 4) is 0 Å². The highest BCUT2D eigenvalue weighted by atomic mass is 16.6. The molecule has 0 aliphatic carbocycles. The molecule has 0 saturated carbocycles. The number of unbranched alkanes of at least 4 members (excludes halogenated alkanes) is 1. The van der Waals surface area contributed by atoms with Crippen LogP contribution in [-0.4, -0.2) is 38.0 Å². The molecular weight excluding hydrogens is 268 g/mol. The van der Waals surface area contributed by atoms with Crippen molar-refractivity contribution in [2.24, 2.45) is 0 Å². The Hall–Kier alpha value is -1.39. The summed E-state index contributed by atoms with van der Waals surface area (Å²) in [6, 6.07) is 8.95. The Bertz CT molecular complexity index is 391. The maximum Gasteiger partial charge on any atom is 0.338 e. The second kappa shape index (κ2) is 10.4. The number of hydrogen-bond donors (Lipinski definition) is 0. The van der Waals surface area contributed by atoms with Gasteiger partial charge in [0.2, 0.25) is 0 Å². The molecule has 0 spiro atoms. The summed E-state index contributed by atoms with van der Waals surface area (Å²) in [4.78, 5) is 11.8. The number of carbonyl (C=O) groups excluding carboxylic acids is 1. The summed E-state index contributed by atoms with van der Waals surface area (Å²) in [5.74, 6) is -0.321. The molecule has 1 rings (SSSR count). The smallest absolute Gasteiger partial charge is 0.338 e. The Balaban J connectivity index is 2.16. The molecule has 4 nitrogen and oxygen atoms in total. The molecule has 1 aromatic rings. The summed E-state index contributed by atoms with van der Waals surface area (Å²) in [7, 11) is 0. The van der Waals surface area contributed by atoms with Gasteiger partial charge in [-0.1, -0.05) is 31.5 Å². The normalized spacial score (nSPS) is 13.7. The largest absolute Gasteiger partial charge is 0.459 e. The van der Waals surface area contributed by atoms with E-state index in [1.807, 2.05) is 32.0 Å². The lowest BCUT2D eigenvalue weighted by Gasteiger charge is -2.17. The number of rotatable bonds is 10. The Labute approximate surface area is 127 Å². The minimum atomic E-state index is -0.321. The van der Waals surface area contributed by atoms with Crippen LogP contribution < -0.4 is 0 Å². The van der Waals surface area contributed by atoms with Gasteiger partial charge in [0.1, 0.15) is 6.61 Å². The van der Waals surface area contributed by atoms with Crippen LogP contribution in [0.2, 0.25) is 0 Å². The van der Waals surface area contributed by atoms with Crippen molar-refractivity contribution in [2.75, 3.05) is 19.8 Å². The number of benzene rings is 1. The van der Waals surface area contributed by atoms with Crippen molar-refractivity contribution >= 4 is 5.97 Å². The quantitative estimate of drug-likeness (QED) is 0.490. The van der Waals surface area contributed by atoms with Gasteiger partial charge in [0.15, 0.2) is 0 Å². The fourth-order valence-electron chi connectivity index (χ4n) is 1.68. The topological polar surface area (TPSA) is 44.8 Å². The van der Waals surface area contributed by atoms with E-state index in [0.29, 0.717) is 12.2 Å². The van der Waals surface area contributed by atoms with Gasteiger partial charge in [-0.05, 0) is 32.4 Å². The molecule has 0 amide bonds. The van der Waals surface area contributed by atoms with Crippen molar-refractivity contribution < 1.29 is 19.0 Å². The molecule has 2 unspecified atom stereocenters. The molecule has 21 heavy (non-hydrogen) atoms.